The smallest absolute Gasteiger partial charge is 0.125 e. The van der Waals surface area contributed by atoms with Crippen molar-refractivity contribution in [1.82, 2.24) is 9.97 Å². The number of hydrogen-bond donors (Lipinski definition) is 0. The van der Waals surface area contributed by atoms with Crippen LogP contribution in [0.25, 0.3) is 10.9 Å². The number of benzene rings is 1. The van der Waals surface area contributed by atoms with Gasteiger partial charge in [-0.05, 0) is 32.0 Å². The fourth-order valence-electron chi connectivity index (χ4n) is 1.35. The Labute approximate surface area is 83.0 Å². The molecule has 0 N–H and O–H groups in total. The standard InChI is InChI=1S/C12H10N2/c1-3-4-10-5-6-12-11(7-10)8-13-9(2)14-12/h5-8H,1-2H3. The minimum atomic E-state index is 0.798. The van der Waals surface area contributed by atoms with E-state index in [1.165, 1.54) is 0 Å². The Hall–Kier alpha value is -1.88. The molecule has 0 aliphatic carbocycles. The number of fused-ring (bicyclic) bond motifs is 1. The third-order valence-corrected chi connectivity index (χ3v) is 1.97. The second-order valence-corrected chi connectivity index (χ2v) is 3.07. The van der Waals surface area contributed by atoms with Crippen molar-refractivity contribution in [2.45, 2.75) is 13.8 Å². The van der Waals surface area contributed by atoms with Crippen molar-refractivity contribution in [3.63, 3.8) is 0 Å². The zero-order valence-corrected chi connectivity index (χ0v) is 8.20. The van der Waals surface area contributed by atoms with Crippen LogP contribution < -0.4 is 0 Å². The van der Waals surface area contributed by atoms with Gasteiger partial charge < -0.3 is 0 Å². The summed E-state index contributed by atoms with van der Waals surface area (Å²) >= 11 is 0. The molecule has 1 heterocycles. The van der Waals surface area contributed by atoms with Crippen LogP contribution in [-0.2, 0) is 0 Å². The number of aromatic nitrogens is 2. The Morgan fingerprint density at radius 1 is 1.29 bits per heavy atom. The lowest BCUT2D eigenvalue weighted by atomic mass is 10.1. The van der Waals surface area contributed by atoms with Gasteiger partial charge in [0.2, 0.25) is 0 Å². The maximum absolute atomic E-state index is 4.32. The average molecular weight is 182 g/mol. The number of nitrogens with zero attached hydrogens (tertiary/aromatic N) is 2. The summed E-state index contributed by atoms with van der Waals surface area (Å²) in [6.45, 7) is 3.72. The van der Waals surface area contributed by atoms with Crippen molar-refractivity contribution in [3.05, 3.63) is 35.8 Å². The minimum absolute atomic E-state index is 0.798. The van der Waals surface area contributed by atoms with Gasteiger partial charge >= 0.3 is 0 Å². The molecular formula is C12H10N2. The quantitative estimate of drug-likeness (QED) is 0.584. The number of hydrogen-bond acceptors (Lipinski definition) is 2. The molecule has 0 saturated heterocycles. The number of aryl methyl sites for hydroxylation is 1. The molecule has 0 aliphatic heterocycles. The minimum Gasteiger partial charge on any atom is -0.241 e. The topological polar surface area (TPSA) is 25.8 Å². The molecule has 0 saturated carbocycles. The lowest BCUT2D eigenvalue weighted by Gasteiger charge is -1.98. The van der Waals surface area contributed by atoms with Gasteiger partial charge in [0.05, 0.1) is 5.52 Å². The first-order chi connectivity index (χ1) is 6.79. The zero-order valence-electron chi connectivity index (χ0n) is 8.20. The highest BCUT2D eigenvalue weighted by molar-refractivity contribution is 5.79. The highest BCUT2D eigenvalue weighted by atomic mass is 14.9. The number of rotatable bonds is 0. The molecule has 0 spiro atoms. The maximum Gasteiger partial charge on any atom is 0.125 e. The van der Waals surface area contributed by atoms with Crippen LogP contribution in [0.4, 0.5) is 0 Å². The maximum atomic E-state index is 4.32. The molecule has 1 aromatic carbocycles. The summed E-state index contributed by atoms with van der Waals surface area (Å²) in [4.78, 5) is 8.47. The largest absolute Gasteiger partial charge is 0.241 e. The Balaban J connectivity index is 2.65. The highest BCUT2D eigenvalue weighted by Gasteiger charge is 1.96. The van der Waals surface area contributed by atoms with Crippen molar-refractivity contribution in [2.24, 2.45) is 0 Å². The van der Waals surface area contributed by atoms with Crippen molar-refractivity contribution < 1.29 is 0 Å². The summed E-state index contributed by atoms with van der Waals surface area (Å²) in [5.74, 6) is 6.68. The molecule has 68 valence electrons. The van der Waals surface area contributed by atoms with E-state index in [2.05, 4.69) is 21.8 Å². The van der Waals surface area contributed by atoms with Crippen LogP contribution in [0.5, 0.6) is 0 Å². The molecule has 2 rings (SSSR count). The summed E-state index contributed by atoms with van der Waals surface area (Å²) < 4.78 is 0. The van der Waals surface area contributed by atoms with Gasteiger partial charge in [0.25, 0.3) is 0 Å². The van der Waals surface area contributed by atoms with Gasteiger partial charge in [-0.1, -0.05) is 5.92 Å². The molecule has 0 unspecified atom stereocenters. The van der Waals surface area contributed by atoms with E-state index in [4.69, 9.17) is 0 Å². The molecule has 1 aromatic heterocycles. The van der Waals surface area contributed by atoms with E-state index in [9.17, 15) is 0 Å². The van der Waals surface area contributed by atoms with E-state index in [0.29, 0.717) is 0 Å². The summed E-state index contributed by atoms with van der Waals surface area (Å²) in [7, 11) is 0. The molecule has 0 fully saturated rings. The summed E-state index contributed by atoms with van der Waals surface area (Å²) in [6.07, 6.45) is 1.83. The van der Waals surface area contributed by atoms with E-state index in [0.717, 1.165) is 22.3 Å². The molecule has 2 aromatic rings. The monoisotopic (exact) mass is 182 g/mol. The van der Waals surface area contributed by atoms with Crippen LogP contribution in [-0.4, -0.2) is 9.97 Å². The van der Waals surface area contributed by atoms with Crippen molar-refractivity contribution in [3.8, 4) is 11.8 Å². The fraction of sp³-hybridized carbons (Fsp3) is 0.167. The van der Waals surface area contributed by atoms with Crippen LogP contribution in [0.2, 0.25) is 0 Å². The van der Waals surface area contributed by atoms with Crippen molar-refractivity contribution in [1.29, 1.82) is 0 Å². The predicted molar refractivity (Wildman–Crippen MR) is 56.8 cm³/mol. The molecule has 0 aliphatic rings. The Kier molecular flexibility index (Phi) is 2.16. The van der Waals surface area contributed by atoms with E-state index in [1.807, 2.05) is 38.2 Å². The van der Waals surface area contributed by atoms with Gasteiger partial charge in [0.1, 0.15) is 5.82 Å². The molecule has 0 radical (unpaired) electrons. The lowest BCUT2D eigenvalue weighted by molar-refractivity contribution is 1.09. The van der Waals surface area contributed by atoms with Crippen LogP contribution in [0.15, 0.2) is 24.4 Å². The van der Waals surface area contributed by atoms with Crippen LogP contribution >= 0.6 is 0 Å². The van der Waals surface area contributed by atoms with Gasteiger partial charge in [-0.25, -0.2) is 9.97 Å². The Bertz CT molecular complexity index is 533. The molecule has 2 nitrogen and oxygen atoms in total. The molecule has 14 heavy (non-hydrogen) atoms. The summed E-state index contributed by atoms with van der Waals surface area (Å²) in [5.41, 5.74) is 1.98. The molecule has 0 bridgehead atoms. The van der Waals surface area contributed by atoms with Gasteiger partial charge in [-0.15, -0.1) is 5.92 Å². The van der Waals surface area contributed by atoms with Crippen LogP contribution in [0, 0.1) is 18.8 Å². The van der Waals surface area contributed by atoms with Crippen LogP contribution in [0.1, 0.15) is 18.3 Å². The first kappa shape index (κ1) is 8.71. The Morgan fingerprint density at radius 2 is 2.14 bits per heavy atom. The van der Waals surface area contributed by atoms with Crippen molar-refractivity contribution in [2.75, 3.05) is 0 Å². The zero-order chi connectivity index (χ0) is 9.97. The van der Waals surface area contributed by atoms with Crippen molar-refractivity contribution >= 4 is 10.9 Å². The average Bonchev–Trinajstić information content (AvgIpc) is 2.19. The predicted octanol–water partition coefficient (Wildman–Crippen LogP) is 2.31. The second kappa shape index (κ2) is 3.47. The van der Waals surface area contributed by atoms with E-state index < -0.39 is 0 Å². The second-order valence-electron chi connectivity index (χ2n) is 3.07. The van der Waals surface area contributed by atoms with E-state index >= 15 is 0 Å². The van der Waals surface area contributed by atoms with Gasteiger partial charge in [0, 0.05) is 17.1 Å². The molecule has 2 heteroatoms. The third-order valence-electron chi connectivity index (χ3n) is 1.97. The van der Waals surface area contributed by atoms with E-state index in [1.54, 1.807) is 0 Å². The molecule has 0 atom stereocenters. The molecular weight excluding hydrogens is 172 g/mol. The third kappa shape index (κ3) is 1.57. The fourth-order valence-corrected chi connectivity index (χ4v) is 1.35. The van der Waals surface area contributed by atoms with E-state index in [-0.39, 0.29) is 0 Å². The normalized spacial score (nSPS) is 9.57. The van der Waals surface area contributed by atoms with Gasteiger partial charge in [0.15, 0.2) is 0 Å². The Morgan fingerprint density at radius 3 is 2.93 bits per heavy atom. The summed E-state index contributed by atoms with van der Waals surface area (Å²) in [6, 6.07) is 5.96. The first-order valence-corrected chi connectivity index (χ1v) is 4.46. The van der Waals surface area contributed by atoms with Crippen LogP contribution in [0.3, 0.4) is 0 Å². The van der Waals surface area contributed by atoms with Gasteiger partial charge in [-0.2, -0.15) is 0 Å². The highest BCUT2D eigenvalue weighted by Crippen LogP contribution is 2.12. The first-order valence-electron chi connectivity index (χ1n) is 4.46. The lowest BCUT2D eigenvalue weighted by Crippen LogP contribution is -1.88. The summed E-state index contributed by atoms with van der Waals surface area (Å²) in [5, 5.41) is 1.04. The molecule has 0 amide bonds. The van der Waals surface area contributed by atoms with Gasteiger partial charge in [-0.3, -0.25) is 0 Å². The SMILES string of the molecule is CC#Cc1ccc2nc(C)ncc2c1.